The Morgan fingerprint density at radius 3 is 2.31 bits per heavy atom. The van der Waals surface area contributed by atoms with Crippen LogP contribution in [0.2, 0.25) is 0 Å². The lowest BCUT2D eigenvalue weighted by Crippen LogP contribution is -2.18. The summed E-state index contributed by atoms with van der Waals surface area (Å²) in [6, 6.07) is 26.5. The lowest BCUT2D eigenvalue weighted by Gasteiger charge is -2.08. The van der Waals surface area contributed by atoms with E-state index in [9.17, 15) is 13.2 Å². The van der Waals surface area contributed by atoms with E-state index in [2.05, 4.69) is 31.2 Å². The van der Waals surface area contributed by atoms with E-state index >= 15 is 0 Å². The Kier molecular flexibility index (Phi) is 6.34. The standard InChI is InChI=1S/C24H18BrN3O3S/c25-23-15-21(27-24(29)18-7-2-1-3-8-18)12-10-20(23)16-26-28-32(30,31)22-13-11-17-6-4-5-9-19(17)14-22/h1-16,28H,(H,27,29)/b26-16+. The molecule has 8 heteroatoms. The van der Waals surface area contributed by atoms with Crippen molar-refractivity contribution >= 4 is 54.5 Å². The average molecular weight is 508 g/mol. The van der Waals surface area contributed by atoms with E-state index in [1.165, 1.54) is 6.21 Å². The summed E-state index contributed by atoms with van der Waals surface area (Å²) in [4.78, 5) is 14.6. The Labute approximate surface area is 194 Å². The zero-order valence-corrected chi connectivity index (χ0v) is 19.1. The zero-order valence-electron chi connectivity index (χ0n) is 16.7. The molecule has 0 aliphatic carbocycles. The van der Waals surface area contributed by atoms with Gasteiger partial charge < -0.3 is 5.32 Å². The van der Waals surface area contributed by atoms with E-state index < -0.39 is 10.0 Å². The normalized spacial score (nSPS) is 11.5. The van der Waals surface area contributed by atoms with Crippen molar-refractivity contribution in [2.24, 2.45) is 5.10 Å². The van der Waals surface area contributed by atoms with Crippen LogP contribution >= 0.6 is 15.9 Å². The van der Waals surface area contributed by atoms with Gasteiger partial charge in [0.05, 0.1) is 11.1 Å². The van der Waals surface area contributed by atoms with Crippen LogP contribution in [-0.4, -0.2) is 20.5 Å². The van der Waals surface area contributed by atoms with E-state index in [-0.39, 0.29) is 10.8 Å². The number of hydrogen-bond acceptors (Lipinski definition) is 4. The van der Waals surface area contributed by atoms with Gasteiger partial charge in [-0.05, 0) is 47.2 Å². The van der Waals surface area contributed by atoms with Crippen LogP contribution < -0.4 is 10.1 Å². The number of rotatable bonds is 6. The first kappa shape index (κ1) is 21.7. The minimum Gasteiger partial charge on any atom is -0.322 e. The number of hydrogen-bond donors (Lipinski definition) is 2. The van der Waals surface area contributed by atoms with Crippen LogP contribution in [0.15, 0.2) is 105 Å². The maximum atomic E-state index is 12.6. The Balaban J connectivity index is 1.45. The number of amides is 1. The van der Waals surface area contributed by atoms with Gasteiger partial charge in [0.15, 0.2) is 0 Å². The summed E-state index contributed by atoms with van der Waals surface area (Å²) in [5.74, 6) is -0.220. The second kappa shape index (κ2) is 9.33. The summed E-state index contributed by atoms with van der Waals surface area (Å²) in [5.41, 5.74) is 1.79. The summed E-state index contributed by atoms with van der Waals surface area (Å²) in [7, 11) is -3.81. The zero-order chi connectivity index (χ0) is 22.6. The summed E-state index contributed by atoms with van der Waals surface area (Å²) >= 11 is 3.43. The van der Waals surface area contributed by atoms with Gasteiger partial charge >= 0.3 is 0 Å². The number of carbonyl (C=O) groups excluding carboxylic acids is 1. The number of halogens is 1. The minimum atomic E-state index is -3.81. The van der Waals surface area contributed by atoms with Crippen molar-refractivity contribution in [1.29, 1.82) is 0 Å². The molecule has 1 amide bonds. The molecule has 4 aromatic carbocycles. The molecular formula is C24H18BrN3O3S. The van der Waals surface area contributed by atoms with Gasteiger partial charge in [0.25, 0.3) is 15.9 Å². The fourth-order valence-corrected chi connectivity index (χ4v) is 4.36. The highest BCUT2D eigenvalue weighted by Crippen LogP contribution is 2.22. The molecule has 4 rings (SSSR count). The highest BCUT2D eigenvalue weighted by atomic mass is 79.9. The predicted molar refractivity (Wildman–Crippen MR) is 130 cm³/mol. The number of anilines is 1. The number of nitrogens with zero attached hydrogens (tertiary/aromatic N) is 1. The second-order valence-corrected chi connectivity index (χ2v) is 9.43. The molecule has 32 heavy (non-hydrogen) atoms. The molecule has 0 bridgehead atoms. The van der Waals surface area contributed by atoms with Gasteiger partial charge in [-0.25, -0.2) is 4.83 Å². The van der Waals surface area contributed by atoms with Crippen molar-refractivity contribution in [2.75, 3.05) is 5.32 Å². The molecule has 4 aromatic rings. The highest BCUT2D eigenvalue weighted by Gasteiger charge is 2.13. The molecule has 0 aliphatic rings. The van der Waals surface area contributed by atoms with Gasteiger partial charge in [-0.15, -0.1) is 0 Å². The fraction of sp³-hybridized carbons (Fsp3) is 0. The van der Waals surface area contributed by atoms with Gasteiger partial charge in [-0.2, -0.15) is 13.5 Å². The monoisotopic (exact) mass is 507 g/mol. The Hall–Kier alpha value is -3.49. The Morgan fingerprint density at radius 1 is 0.844 bits per heavy atom. The third kappa shape index (κ3) is 5.04. The molecule has 2 N–H and O–H groups in total. The van der Waals surface area contributed by atoms with Crippen LogP contribution in [-0.2, 0) is 10.0 Å². The van der Waals surface area contributed by atoms with Crippen LogP contribution in [0.3, 0.4) is 0 Å². The minimum absolute atomic E-state index is 0.131. The van der Waals surface area contributed by atoms with Crippen LogP contribution in [0.1, 0.15) is 15.9 Å². The topological polar surface area (TPSA) is 87.6 Å². The molecule has 160 valence electrons. The van der Waals surface area contributed by atoms with E-state index in [0.29, 0.717) is 21.3 Å². The first-order valence-electron chi connectivity index (χ1n) is 9.62. The maximum absolute atomic E-state index is 12.6. The van der Waals surface area contributed by atoms with Gasteiger partial charge in [0.1, 0.15) is 0 Å². The number of carbonyl (C=O) groups is 1. The van der Waals surface area contributed by atoms with Gasteiger partial charge in [0, 0.05) is 21.3 Å². The number of benzene rings is 4. The van der Waals surface area contributed by atoms with Gasteiger partial charge in [-0.1, -0.05) is 70.5 Å². The summed E-state index contributed by atoms with van der Waals surface area (Å²) < 4.78 is 25.8. The van der Waals surface area contributed by atoms with Crippen molar-refractivity contribution in [3.05, 3.63) is 107 Å². The smallest absolute Gasteiger partial charge is 0.276 e. The number of hydrazone groups is 1. The average Bonchev–Trinajstić information content (AvgIpc) is 2.80. The van der Waals surface area contributed by atoms with E-state index in [1.807, 2.05) is 30.3 Å². The van der Waals surface area contributed by atoms with E-state index in [4.69, 9.17) is 0 Å². The molecule has 0 unspecified atom stereocenters. The lowest BCUT2D eigenvalue weighted by molar-refractivity contribution is 0.102. The Bertz CT molecular complexity index is 1420. The molecule has 0 aromatic heterocycles. The molecule has 0 aliphatic heterocycles. The third-order valence-corrected chi connectivity index (χ3v) is 6.61. The summed E-state index contributed by atoms with van der Waals surface area (Å²) in [6.45, 7) is 0. The number of sulfonamides is 1. The van der Waals surface area contributed by atoms with Gasteiger partial charge in [-0.3, -0.25) is 4.79 Å². The Morgan fingerprint density at radius 2 is 1.56 bits per heavy atom. The number of nitrogens with one attached hydrogen (secondary N) is 2. The molecule has 0 heterocycles. The summed E-state index contributed by atoms with van der Waals surface area (Å²) in [5, 5.41) is 8.49. The van der Waals surface area contributed by atoms with Crippen LogP contribution in [0, 0.1) is 0 Å². The first-order chi connectivity index (χ1) is 15.4. The molecule has 0 spiro atoms. The lowest BCUT2D eigenvalue weighted by atomic mass is 10.1. The van der Waals surface area contributed by atoms with Crippen molar-refractivity contribution in [2.45, 2.75) is 4.90 Å². The fourth-order valence-electron chi connectivity index (χ4n) is 3.05. The molecule has 0 radical (unpaired) electrons. The maximum Gasteiger partial charge on any atom is 0.276 e. The highest BCUT2D eigenvalue weighted by molar-refractivity contribution is 9.10. The van der Waals surface area contributed by atoms with E-state index in [1.54, 1.807) is 60.7 Å². The molecule has 6 nitrogen and oxygen atoms in total. The summed E-state index contributed by atoms with van der Waals surface area (Å²) in [6.07, 6.45) is 1.39. The van der Waals surface area contributed by atoms with Crippen molar-refractivity contribution in [1.82, 2.24) is 4.83 Å². The molecule has 0 saturated carbocycles. The first-order valence-corrected chi connectivity index (χ1v) is 11.9. The SMILES string of the molecule is O=C(Nc1ccc(/C=N/NS(=O)(=O)c2ccc3ccccc3c2)c(Br)c1)c1ccccc1. The molecule has 0 fully saturated rings. The molecule has 0 atom stereocenters. The molecular weight excluding hydrogens is 490 g/mol. The van der Waals surface area contributed by atoms with Crippen molar-refractivity contribution < 1.29 is 13.2 Å². The van der Waals surface area contributed by atoms with Crippen LogP contribution in [0.5, 0.6) is 0 Å². The largest absolute Gasteiger partial charge is 0.322 e. The second-order valence-electron chi connectivity index (χ2n) is 6.92. The van der Waals surface area contributed by atoms with Crippen molar-refractivity contribution in [3.63, 3.8) is 0 Å². The van der Waals surface area contributed by atoms with Gasteiger partial charge in [0.2, 0.25) is 0 Å². The molecule has 0 saturated heterocycles. The predicted octanol–water partition coefficient (Wildman–Crippen LogP) is 5.17. The quantitative estimate of drug-likeness (QED) is 0.278. The number of fused-ring (bicyclic) bond motifs is 1. The third-order valence-electron chi connectivity index (χ3n) is 4.70. The van der Waals surface area contributed by atoms with Crippen molar-refractivity contribution in [3.8, 4) is 0 Å². The van der Waals surface area contributed by atoms with Crippen LogP contribution in [0.25, 0.3) is 10.8 Å². The van der Waals surface area contributed by atoms with E-state index in [0.717, 1.165) is 10.8 Å². The van der Waals surface area contributed by atoms with Crippen LogP contribution in [0.4, 0.5) is 5.69 Å².